The lowest BCUT2D eigenvalue weighted by Gasteiger charge is -1.96. The Hall–Kier alpha value is -0.590. The minimum Gasteiger partial charge on any atom is -0.295 e. The molecule has 46 valence electrons. The van der Waals surface area contributed by atoms with E-state index in [1.807, 2.05) is 13.8 Å². The van der Waals surface area contributed by atoms with Gasteiger partial charge in [0.1, 0.15) is 0 Å². The van der Waals surface area contributed by atoms with E-state index in [-0.39, 0.29) is 5.78 Å². The molecule has 0 radical (unpaired) electrons. The summed E-state index contributed by atoms with van der Waals surface area (Å²) in [4.78, 5) is 10.5. The maximum Gasteiger partial charge on any atom is 0.155 e. The van der Waals surface area contributed by atoms with E-state index in [9.17, 15) is 4.79 Å². The van der Waals surface area contributed by atoms with Crippen LogP contribution < -0.4 is 0 Å². The van der Waals surface area contributed by atoms with Crippen molar-refractivity contribution >= 4 is 5.78 Å². The number of allylic oxidation sites excluding steroid dienone is 1. The highest BCUT2D eigenvalue weighted by Crippen LogP contribution is 1.99. The average molecular weight is 112 g/mol. The summed E-state index contributed by atoms with van der Waals surface area (Å²) >= 11 is 0. The van der Waals surface area contributed by atoms with Gasteiger partial charge in [-0.1, -0.05) is 20.4 Å². The van der Waals surface area contributed by atoms with Gasteiger partial charge in [0.25, 0.3) is 0 Å². The molecule has 0 saturated heterocycles. The molecule has 0 bridgehead atoms. The van der Waals surface area contributed by atoms with Crippen LogP contribution in [0, 0.1) is 5.92 Å². The second-order valence-corrected chi connectivity index (χ2v) is 2.27. The van der Waals surface area contributed by atoms with Gasteiger partial charge in [0.15, 0.2) is 5.78 Å². The third kappa shape index (κ3) is 3.59. The van der Waals surface area contributed by atoms with E-state index in [2.05, 4.69) is 6.58 Å². The van der Waals surface area contributed by atoms with E-state index >= 15 is 0 Å². The van der Waals surface area contributed by atoms with Crippen molar-refractivity contribution in [2.75, 3.05) is 0 Å². The lowest BCUT2D eigenvalue weighted by atomic mass is 10.1. The molecule has 0 aromatic rings. The fraction of sp³-hybridized carbons (Fsp3) is 0.571. The molecule has 0 fully saturated rings. The Morgan fingerprint density at radius 1 is 1.75 bits per heavy atom. The standard InChI is InChI=1S/C7H12O/c1-4-7(8)5-6(2)3/h4,6H,1,5H2,2-3H3. The van der Waals surface area contributed by atoms with Gasteiger partial charge in [0, 0.05) is 6.42 Å². The van der Waals surface area contributed by atoms with Crippen molar-refractivity contribution in [3.05, 3.63) is 12.7 Å². The second-order valence-electron chi connectivity index (χ2n) is 2.27. The molecular weight excluding hydrogens is 100 g/mol. The van der Waals surface area contributed by atoms with Crippen LogP contribution in [-0.4, -0.2) is 5.78 Å². The Morgan fingerprint density at radius 3 is 2.38 bits per heavy atom. The monoisotopic (exact) mass is 112 g/mol. The third-order valence-corrected chi connectivity index (χ3v) is 0.837. The second kappa shape index (κ2) is 3.42. The third-order valence-electron chi connectivity index (χ3n) is 0.837. The van der Waals surface area contributed by atoms with Crippen LogP contribution in [-0.2, 0) is 4.79 Å². The highest BCUT2D eigenvalue weighted by molar-refractivity contribution is 5.89. The molecule has 0 rings (SSSR count). The van der Waals surface area contributed by atoms with Gasteiger partial charge in [-0.15, -0.1) is 0 Å². The van der Waals surface area contributed by atoms with Crippen molar-refractivity contribution in [2.45, 2.75) is 20.3 Å². The fourth-order valence-corrected chi connectivity index (χ4v) is 0.486. The van der Waals surface area contributed by atoms with E-state index in [0.29, 0.717) is 12.3 Å². The zero-order valence-electron chi connectivity index (χ0n) is 5.48. The largest absolute Gasteiger partial charge is 0.295 e. The van der Waals surface area contributed by atoms with Crippen molar-refractivity contribution in [3.63, 3.8) is 0 Å². The molecule has 0 aromatic carbocycles. The number of rotatable bonds is 3. The summed E-state index contributed by atoms with van der Waals surface area (Å²) in [7, 11) is 0. The Bertz CT molecular complexity index is 92.6. The lowest BCUT2D eigenvalue weighted by Crippen LogP contribution is -1.97. The number of hydrogen-bond acceptors (Lipinski definition) is 1. The zero-order valence-corrected chi connectivity index (χ0v) is 5.48. The zero-order chi connectivity index (χ0) is 6.57. The molecule has 0 aliphatic rings. The number of hydrogen-bond donors (Lipinski definition) is 0. The summed E-state index contributed by atoms with van der Waals surface area (Å²) in [5.41, 5.74) is 0. The maximum atomic E-state index is 10.5. The van der Waals surface area contributed by atoms with Crippen molar-refractivity contribution in [3.8, 4) is 0 Å². The number of carbonyl (C=O) groups is 1. The van der Waals surface area contributed by atoms with Crippen LogP contribution in [0.15, 0.2) is 12.7 Å². The van der Waals surface area contributed by atoms with E-state index in [4.69, 9.17) is 0 Å². The highest BCUT2D eigenvalue weighted by atomic mass is 16.1. The molecule has 0 spiro atoms. The van der Waals surface area contributed by atoms with Gasteiger partial charge >= 0.3 is 0 Å². The molecule has 1 nitrogen and oxygen atoms in total. The average Bonchev–Trinajstić information content (AvgIpc) is 1.65. The van der Waals surface area contributed by atoms with Crippen molar-refractivity contribution in [2.24, 2.45) is 5.92 Å². The fourth-order valence-electron chi connectivity index (χ4n) is 0.486. The molecule has 0 aliphatic heterocycles. The molecule has 0 atom stereocenters. The van der Waals surface area contributed by atoms with Crippen LogP contribution in [0.4, 0.5) is 0 Å². The van der Waals surface area contributed by atoms with Crippen molar-refractivity contribution in [1.29, 1.82) is 0 Å². The summed E-state index contributed by atoms with van der Waals surface area (Å²) in [6.45, 7) is 7.39. The summed E-state index contributed by atoms with van der Waals surface area (Å²) in [5, 5.41) is 0. The van der Waals surface area contributed by atoms with Crippen LogP contribution in [0.25, 0.3) is 0 Å². The summed E-state index contributed by atoms with van der Waals surface area (Å²) in [5.74, 6) is 0.598. The molecule has 0 saturated carbocycles. The minimum absolute atomic E-state index is 0.139. The lowest BCUT2D eigenvalue weighted by molar-refractivity contribution is -0.115. The van der Waals surface area contributed by atoms with E-state index in [1.165, 1.54) is 6.08 Å². The van der Waals surface area contributed by atoms with E-state index in [1.54, 1.807) is 0 Å². The summed E-state index contributed by atoms with van der Waals surface area (Å²) in [6, 6.07) is 0. The van der Waals surface area contributed by atoms with Gasteiger partial charge in [-0.2, -0.15) is 0 Å². The van der Waals surface area contributed by atoms with Gasteiger partial charge in [-0.25, -0.2) is 0 Å². The van der Waals surface area contributed by atoms with Crippen LogP contribution in [0.1, 0.15) is 20.3 Å². The summed E-state index contributed by atoms with van der Waals surface area (Å²) < 4.78 is 0. The van der Waals surface area contributed by atoms with Gasteiger partial charge in [-0.3, -0.25) is 4.79 Å². The Balaban J connectivity index is 3.39. The highest BCUT2D eigenvalue weighted by Gasteiger charge is 1.97. The Labute approximate surface area is 50.4 Å². The van der Waals surface area contributed by atoms with Crippen LogP contribution >= 0.6 is 0 Å². The SMILES string of the molecule is C=CC(=O)CC(C)C. The Morgan fingerprint density at radius 2 is 2.25 bits per heavy atom. The maximum absolute atomic E-state index is 10.5. The molecule has 0 unspecified atom stereocenters. The Kier molecular flexibility index (Phi) is 3.16. The summed E-state index contributed by atoms with van der Waals surface area (Å²) in [6.07, 6.45) is 2.00. The van der Waals surface area contributed by atoms with Crippen LogP contribution in [0.2, 0.25) is 0 Å². The minimum atomic E-state index is 0.139. The molecule has 0 amide bonds. The molecule has 0 heterocycles. The first-order valence-corrected chi connectivity index (χ1v) is 2.82. The van der Waals surface area contributed by atoms with Gasteiger partial charge in [-0.05, 0) is 12.0 Å². The normalized spacial score (nSPS) is 9.38. The van der Waals surface area contributed by atoms with E-state index < -0.39 is 0 Å². The molecule has 1 heteroatoms. The first-order chi connectivity index (χ1) is 3.66. The topological polar surface area (TPSA) is 17.1 Å². The quantitative estimate of drug-likeness (QED) is 0.509. The van der Waals surface area contributed by atoms with Gasteiger partial charge < -0.3 is 0 Å². The van der Waals surface area contributed by atoms with Gasteiger partial charge in [0.2, 0.25) is 0 Å². The predicted molar refractivity (Wildman–Crippen MR) is 34.7 cm³/mol. The number of ketones is 1. The predicted octanol–water partition coefficient (Wildman–Crippen LogP) is 1.79. The first-order valence-electron chi connectivity index (χ1n) is 2.82. The molecule has 8 heavy (non-hydrogen) atoms. The van der Waals surface area contributed by atoms with Crippen molar-refractivity contribution in [1.82, 2.24) is 0 Å². The van der Waals surface area contributed by atoms with Crippen molar-refractivity contribution < 1.29 is 4.79 Å². The van der Waals surface area contributed by atoms with E-state index in [0.717, 1.165) is 0 Å². The molecular formula is C7H12O. The molecule has 0 aromatic heterocycles. The number of carbonyl (C=O) groups excluding carboxylic acids is 1. The smallest absolute Gasteiger partial charge is 0.155 e. The first kappa shape index (κ1) is 7.41. The molecule has 0 N–H and O–H groups in total. The van der Waals surface area contributed by atoms with Crippen LogP contribution in [0.3, 0.4) is 0 Å². The molecule has 0 aliphatic carbocycles. The van der Waals surface area contributed by atoms with Crippen LogP contribution in [0.5, 0.6) is 0 Å². The van der Waals surface area contributed by atoms with Gasteiger partial charge in [0.05, 0.1) is 0 Å².